The van der Waals surface area contributed by atoms with Gasteiger partial charge in [0.25, 0.3) is 0 Å². The standard InChI is InChI=1S/C26H40Si.C6H18NSi2.Lu/c1-16(2)24-13-10-17(3)14-25(24)22-11-12-23(15-22)27(8,9)26-20(6)18(4)19(5)21(26)7;1-8(2,3)7-9(4,5)6;/h11-12,15-17,24-25H,10,13-14H2,1-9H3;1-6H3;/q;-1;/t17-,24+,25+;;/m1../s1. The fourth-order valence-corrected chi connectivity index (χ4v) is 18.6. The zero-order valence-corrected chi connectivity index (χ0v) is 31.5. The second kappa shape index (κ2) is 14.3. The topological polar surface area (TPSA) is 14.1 Å². The van der Waals surface area contributed by atoms with Crippen LogP contribution in [0, 0.1) is 120 Å². The summed E-state index contributed by atoms with van der Waals surface area (Å²) in [6, 6.07) is 0. The van der Waals surface area contributed by atoms with Crippen molar-refractivity contribution in [1.29, 1.82) is 0 Å². The van der Waals surface area contributed by atoms with Crippen molar-refractivity contribution in [2.24, 2.45) is 23.7 Å². The molecule has 5 heteroatoms. The van der Waals surface area contributed by atoms with Gasteiger partial charge in [0.2, 0.25) is 0 Å². The maximum atomic E-state index is 4.82. The summed E-state index contributed by atoms with van der Waals surface area (Å²) in [6.45, 7) is 35.5. The van der Waals surface area contributed by atoms with Gasteiger partial charge in [0.1, 0.15) is 0 Å². The summed E-state index contributed by atoms with van der Waals surface area (Å²) >= 11 is 0. The molecule has 11 radical (unpaired) electrons. The van der Waals surface area contributed by atoms with Crippen LogP contribution in [0.5, 0.6) is 0 Å². The summed E-state index contributed by atoms with van der Waals surface area (Å²) in [5.41, 5.74) is 3.32. The van der Waals surface area contributed by atoms with Crippen molar-refractivity contribution in [3.05, 3.63) is 64.6 Å². The molecule has 0 N–H and O–H groups in total. The van der Waals surface area contributed by atoms with Gasteiger partial charge < -0.3 is 4.65 Å². The number of nitrogens with zero attached hydrogens (tertiary/aromatic N) is 1. The van der Waals surface area contributed by atoms with E-state index in [1.165, 1.54) is 31.1 Å². The van der Waals surface area contributed by atoms with Crippen LogP contribution in [0.2, 0.25) is 52.4 Å². The van der Waals surface area contributed by atoms with Gasteiger partial charge >= 0.3 is 0 Å². The number of hydrogen-bond donors (Lipinski definition) is 0. The van der Waals surface area contributed by atoms with E-state index in [1.807, 2.05) is 0 Å². The zero-order valence-electron chi connectivity index (χ0n) is 26.9. The number of hydrogen-bond acceptors (Lipinski definition) is 0. The smallest absolute Gasteiger partial charge is 0.0626 e. The molecule has 0 aromatic heterocycles. The van der Waals surface area contributed by atoms with E-state index in [4.69, 9.17) is 4.65 Å². The van der Waals surface area contributed by atoms with Crippen LogP contribution in [0.25, 0.3) is 4.65 Å². The summed E-state index contributed by atoms with van der Waals surface area (Å²) in [5.74, 6) is 11.0. The van der Waals surface area contributed by atoms with Crippen LogP contribution >= 0.6 is 0 Å². The Hall–Kier alpha value is 1.84. The van der Waals surface area contributed by atoms with E-state index in [9.17, 15) is 0 Å². The molecule has 0 bridgehead atoms. The monoisotopic (exact) mass is 715 g/mol. The van der Waals surface area contributed by atoms with E-state index in [0.29, 0.717) is 0 Å². The maximum Gasteiger partial charge on any atom is 0.0626 e. The third kappa shape index (κ3) is 9.97. The first-order chi connectivity index (χ1) is 16.3. The van der Waals surface area contributed by atoms with Gasteiger partial charge in [0.05, 0.1) is 8.07 Å². The predicted molar refractivity (Wildman–Crippen MR) is 171 cm³/mol. The van der Waals surface area contributed by atoms with Crippen LogP contribution in [0.3, 0.4) is 0 Å². The fourth-order valence-electron chi connectivity index (χ4n) is 6.97. The van der Waals surface area contributed by atoms with Crippen molar-refractivity contribution in [2.45, 2.75) is 120 Å². The van der Waals surface area contributed by atoms with Crippen LogP contribution in [-0.4, -0.2) is 24.5 Å². The molecule has 0 spiro atoms. The number of rotatable bonds is 6. The summed E-state index contributed by atoms with van der Waals surface area (Å²) in [5, 5.41) is 0. The van der Waals surface area contributed by atoms with Crippen LogP contribution in [-0.2, 0) is 0 Å². The van der Waals surface area contributed by atoms with E-state index >= 15 is 0 Å². The molecule has 3 fully saturated rings. The molecule has 3 rings (SSSR count). The first-order valence-corrected chi connectivity index (χ1v) is 24.4. The second-order valence-corrected chi connectivity index (χ2v) is 28.7. The van der Waals surface area contributed by atoms with Crippen LogP contribution in [0.15, 0.2) is 0 Å². The van der Waals surface area contributed by atoms with E-state index in [2.05, 4.69) is 120 Å². The molecule has 37 heavy (non-hydrogen) atoms. The predicted octanol–water partition coefficient (Wildman–Crippen LogP) is 10.3. The molecular formula is C32H58LuNSi3-. The minimum Gasteiger partial charge on any atom is -0.668 e. The van der Waals surface area contributed by atoms with Gasteiger partial charge in [-0.25, -0.2) is 0 Å². The largest absolute Gasteiger partial charge is 0.668 e. The molecule has 0 aromatic carbocycles. The van der Waals surface area contributed by atoms with Gasteiger partial charge in [0.15, 0.2) is 0 Å². The molecule has 1 nitrogen and oxygen atoms in total. The fraction of sp³-hybridized carbons (Fsp3) is 0.688. The normalized spacial score (nSPS) is 29.0. The van der Waals surface area contributed by atoms with E-state index < -0.39 is 24.5 Å². The van der Waals surface area contributed by atoms with Gasteiger partial charge in [0, 0.05) is 36.9 Å². The van der Waals surface area contributed by atoms with Crippen LogP contribution in [0.4, 0.5) is 0 Å². The molecule has 0 saturated heterocycles. The van der Waals surface area contributed by atoms with Gasteiger partial charge in [-0.15, -0.1) is 0 Å². The Balaban J connectivity index is 0.000000589. The molecule has 0 amide bonds. The van der Waals surface area contributed by atoms with Gasteiger partial charge in [-0.3, -0.25) is 0 Å². The Kier molecular flexibility index (Phi) is 14.3. The summed E-state index contributed by atoms with van der Waals surface area (Å²) in [4.78, 5) is 0. The average Bonchev–Trinajstić information content (AvgIpc) is 3.27. The molecule has 3 atom stereocenters. The summed E-state index contributed by atoms with van der Waals surface area (Å²) in [7, 11) is -3.88. The molecule has 0 aromatic rings. The molecule has 3 aliphatic rings. The Morgan fingerprint density at radius 3 is 1.65 bits per heavy atom. The second-order valence-electron chi connectivity index (χ2n) is 14.8. The van der Waals surface area contributed by atoms with Crippen molar-refractivity contribution in [3.63, 3.8) is 0 Å². The minimum absolute atomic E-state index is 0. The van der Waals surface area contributed by atoms with E-state index in [0.717, 1.165) is 23.7 Å². The van der Waals surface area contributed by atoms with Crippen molar-refractivity contribution >= 4 is 24.5 Å². The average molecular weight is 716 g/mol. The molecule has 0 heterocycles. The maximum absolute atomic E-state index is 4.82. The minimum atomic E-state index is -1.66. The summed E-state index contributed by atoms with van der Waals surface area (Å²) in [6.07, 6.45) is 11.8. The SMILES string of the molecule is C[C]1[C](C)[C](C)[C]([Si](C)(C)[C]2[CH][CH][C]([C@@H]3C[C@H](C)CC[C@H]3C(C)C)[CH]2)[C]1C.C[Si](C)(C)[N-][Si](C)(C)C.[Lu]. The molecule has 3 saturated carbocycles. The van der Waals surface area contributed by atoms with Gasteiger partial charge in [-0.05, 0) is 96.4 Å². The van der Waals surface area contributed by atoms with Crippen molar-refractivity contribution in [3.8, 4) is 0 Å². The van der Waals surface area contributed by atoms with Crippen molar-refractivity contribution in [1.82, 2.24) is 0 Å². The van der Waals surface area contributed by atoms with Gasteiger partial charge in [-0.1, -0.05) is 124 Å². The van der Waals surface area contributed by atoms with E-state index in [1.54, 1.807) is 28.8 Å². The summed E-state index contributed by atoms with van der Waals surface area (Å²) < 4.78 is 4.82. The quantitative estimate of drug-likeness (QED) is 0.243. The molecular weight excluding hydrogens is 658 g/mol. The van der Waals surface area contributed by atoms with Crippen LogP contribution < -0.4 is 0 Å². The molecule has 219 valence electrons. The Morgan fingerprint density at radius 1 is 0.757 bits per heavy atom. The first kappa shape index (κ1) is 36.9. The van der Waals surface area contributed by atoms with Crippen molar-refractivity contribution < 1.29 is 36.9 Å². The Bertz CT molecular complexity index is 657. The van der Waals surface area contributed by atoms with Gasteiger partial charge in [-0.2, -0.15) is 0 Å². The first-order valence-electron chi connectivity index (χ1n) is 14.5. The van der Waals surface area contributed by atoms with Crippen LogP contribution in [0.1, 0.15) is 67.7 Å². The molecule has 0 aliphatic heterocycles. The molecule has 3 aliphatic carbocycles. The third-order valence-electron chi connectivity index (χ3n) is 8.68. The van der Waals surface area contributed by atoms with Crippen molar-refractivity contribution in [2.75, 3.05) is 0 Å². The Labute approximate surface area is 267 Å². The Morgan fingerprint density at radius 2 is 1.24 bits per heavy atom. The third-order valence-corrected chi connectivity index (χ3v) is 17.8. The zero-order chi connectivity index (χ0) is 27.8. The molecule has 0 unspecified atom stereocenters. The van der Waals surface area contributed by atoms with E-state index in [-0.39, 0.29) is 36.9 Å².